The molecule has 0 aliphatic carbocycles. The second-order valence-electron chi connectivity index (χ2n) is 7.02. The molecule has 168 valence electrons. The van der Waals surface area contributed by atoms with Gasteiger partial charge in [-0.05, 0) is 67.9 Å². The van der Waals surface area contributed by atoms with Crippen molar-refractivity contribution in [3.8, 4) is 11.5 Å². The molecule has 1 amide bonds. The van der Waals surface area contributed by atoms with Crippen LogP contribution in [0, 0.1) is 0 Å². The van der Waals surface area contributed by atoms with Crippen LogP contribution in [0.25, 0.3) is 0 Å². The Hall–Kier alpha value is -3.52. The monoisotopic (exact) mass is 454 g/mol. The number of benzene rings is 3. The van der Waals surface area contributed by atoms with Crippen LogP contribution in [-0.4, -0.2) is 27.5 Å². The number of carbonyl (C=O) groups is 1. The normalized spacial score (nSPS) is 11.9. The van der Waals surface area contributed by atoms with Crippen LogP contribution in [0.2, 0.25) is 0 Å². The first kappa shape index (κ1) is 23.1. The summed E-state index contributed by atoms with van der Waals surface area (Å²) in [4.78, 5) is 12.2. The maximum absolute atomic E-state index is 12.6. The van der Waals surface area contributed by atoms with Gasteiger partial charge in [0.1, 0.15) is 11.5 Å². The summed E-state index contributed by atoms with van der Waals surface area (Å²) < 4.78 is 38.6. The fraction of sp³-hybridized carbons (Fsp3) is 0.208. The van der Waals surface area contributed by atoms with Crippen LogP contribution < -0.4 is 19.5 Å². The van der Waals surface area contributed by atoms with Crippen LogP contribution in [-0.2, 0) is 14.8 Å². The topological polar surface area (TPSA) is 93.7 Å². The standard InChI is InChI=1S/C24H26N2O5S/c1-3-30-21-11-9-20(10-12-21)26-32(28,29)23-15-13-22(14-16-23)31-17-24(27)25-18(2)19-7-5-4-6-8-19/h4-16,18,26H,3,17H2,1-2H3,(H,25,27). The summed E-state index contributed by atoms with van der Waals surface area (Å²) in [6.07, 6.45) is 0. The van der Waals surface area contributed by atoms with Crippen molar-refractivity contribution in [2.75, 3.05) is 17.9 Å². The third kappa shape index (κ3) is 6.49. The molecule has 0 aromatic heterocycles. The van der Waals surface area contributed by atoms with Crippen molar-refractivity contribution in [2.45, 2.75) is 24.8 Å². The second-order valence-corrected chi connectivity index (χ2v) is 8.71. The maximum Gasteiger partial charge on any atom is 0.261 e. The number of nitrogens with one attached hydrogen (secondary N) is 2. The highest BCUT2D eigenvalue weighted by Gasteiger charge is 2.15. The Morgan fingerprint density at radius 1 is 0.875 bits per heavy atom. The van der Waals surface area contributed by atoms with Gasteiger partial charge in [-0.2, -0.15) is 0 Å². The third-order valence-electron chi connectivity index (χ3n) is 4.60. The highest BCUT2D eigenvalue weighted by molar-refractivity contribution is 7.92. The van der Waals surface area contributed by atoms with Gasteiger partial charge in [-0.15, -0.1) is 0 Å². The van der Waals surface area contributed by atoms with Gasteiger partial charge in [-0.3, -0.25) is 9.52 Å². The molecule has 3 aromatic rings. The van der Waals surface area contributed by atoms with Gasteiger partial charge in [0, 0.05) is 5.69 Å². The van der Waals surface area contributed by atoms with Crippen LogP contribution in [0.5, 0.6) is 11.5 Å². The predicted octanol–water partition coefficient (Wildman–Crippen LogP) is 4.14. The first-order chi connectivity index (χ1) is 15.4. The molecule has 1 unspecified atom stereocenters. The van der Waals surface area contributed by atoms with Crippen molar-refractivity contribution in [1.29, 1.82) is 0 Å². The zero-order valence-electron chi connectivity index (χ0n) is 17.9. The van der Waals surface area contributed by atoms with E-state index in [-0.39, 0.29) is 23.5 Å². The van der Waals surface area contributed by atoms with E-state index in [4.69, 9.17) is 9.47 Å². The molecule has 0 saturated heterocycles. The van der Waals surface area contributed by atoms with Crippen LogP contribution in [0.3, 0.4) is 0 Å². The summed E-state index contributed by atoms with van der Waals surface area (Å²) in [5, 5.41) is 2.86. The average Bonchev–Trinajstić information content (AvgIpc) is 2.80. The number of carbonyl (C=O) groups excluding carboxylic acids is 1. The van der Waals surface area contributed by atoms with Gasteiger partial charge >= 0.3 is 0 Å². The smallest absolute Gasteiger partial charge is 0.261 e. The SMILES string of the molecule is CCOc1ccc(NS(=O)(=O)c2ccc(OCC(=O)NC(C)c3ccccc3)cc2)cc1. The molecular weight excluding hydrogens is 428 g/mol. The fourth-order valence-corrected chi connectivity index (χ4v) is 4.03. The minimum absolute atomic E-state index is 0.0842. The quantitative estimate of drug-likeness (QED) is 0.480. The Morgan fingerprint density at radius 2 is 1.47 bits per heavy atom. The number of amides is 1. The van der Waals surface area contributed by atoms with E-state index in [9.17, 15) is 13.2 Å². The van der Waals surface area contributed by atoms with E-state index in [0.717, 1.165) is 5.56 Å². The Bertz CT molecular complexity index is 1120. The number of ether oxygens (including phenoxy) is 2. The van der Waals surface area contributed by atoms with Gasteiger partial charge in [-0.1, -0.05) is 30.3 Å². The number of sulfonamides is 1. The Labute approximate surface area is 188 Å². The molecule has 0 aliphatic heterocycles. The molecule has 0 aliphatic rings. The minimum Gasteiger partial charge on any atom is -0.494 e. The van der Waals surface area contributed by atoms with E-state index in [2.05, 4.69) is 10.0 Å². The lowest BCUT2D eigenvalue weighted by atomic mass is 10.1. The Balaban J connectivity index is 1.54. The molecule has 3 aromatic carbocycles. The molecule has 0 radical (unpaired) electrons. The van der Waals surface area contributed by atoms with Gasteiger partial charge in [0.2, 0.25) is 0 Å². The molecule has 32 heavy (non-hydrogen) atoms. The molecule has 0 heterocycles. The predicted molar refractivity (Wildman–Crippen MR) is 123 cm³/mol. The second kappa shape index (κ2) is 10.7. The molecular formula is C24H26N2O5S. The van der Waals surface area contributed by atoms with Crippen LogP contribution >= 0.6 is 0 Å². The van der Waals surface area contributed by atoms with Crippen molar-refractivity contribution < 1.29 is 22.7 Å². The number of anilines is 1. The van der Waals surface area contributed by atoms with Gasteiger partial charge in [0.25, 0.3) is 15.9 Å². The summed E-state index contributed by atoms with van der Waals surface area (Å²) in [6.45, 7) is 4.13. The van der Waals surface area contributed by atoms with Gasteiger partial charge in [-0.25, -0.2) is 8.42 Å². The highest BCUT2D eigenvalue weighted by Crippen LogP contribution is 2.21. The number of hydrogen-bond acceptors (Lipinski definition) is 5. The highest BCUT2D eigenvalue weighted by atomic mass is 32.2. The average molecular weight is 455 g/mol. The van der Waals surface area contributed by atoms with Crippen LogP contribution in [0.1, 0.15) is 25.5 Å². The van der Waals surface area contributed by atoms with E-state index in [1.54, 1.807) is 24.3 Å². The molecule has 0 spiro atoms. The molecule has 0 fully saturated rings. The van der Waals surface area contributed by atoms with Crippen molar-refractivity contribution in [3.05, 3.63) is 84.4 Å². The fourth-order valence-electron chi connectivity index (χ4n) is 2.97. The third-order valence-corrected chi connectivity index (χ3v) is 6.00. The molecule has 0 bridgehead atoms. The molecule has 2 N–H and O–H groups in total. The summed E-state index contributed by atoms with van der Waals surface area (Å²) in [7, 11) is -3.76. The van der Waals surface area contributed by atoms with Gasteiger partial charge in [0.15, 0.2) is 6.61 Å². The van der Waals surface area contributed by atoms with E-state index in [1.165, 1.54) is 24.3 Å². The Morgan fingerprint density at radius 3 is 2.09 bits per heavy atom. The van der Waals surface area contributed by atoms with Gasteiger partial charge in [0.05, 0.1) is 17.5 Å². The Kier molecular flexibility index (Phi) is 7.72. The lowest BCUT2D eigenvalue weighted by molar-refractivity contribution is -0.123. The van der Waals surface area contributed by atoms with E-state index < -0.39 is 10.0 Å². The van der Waals surface area contributed by atoms with E-state index in [0.29, 0.717) is 23.8 Å². The lowest BCUT2D eigenvalue weighted by Gasteiger charge is -2.15. The summed E-state index contributed by atoms with van der Waals surface area (Å²) >= 11 is 0. The van der Waals surface area contributed by atoms with E-state index >= 15 is 0 Å². The van der Waals surface area contributed by atoms with Crippen molar-refractivity contribution in [2.24, 2.45) is 0 Å². The first-order valence-corrected chi connectivity index (χ1v) is 11.7. The van der Waals surface area contributed by atoms with Crippen molar-refractivity contribution in [3.63, 3.8) is 0 Å². The molecule has 8 heteroatoms. The first-order valence-electron chi connectivity index (χ1n) is 10.2. The zero-order chi connectivity index (χ0) is 23.0. The maximum atomic E-state index is 12.6. The lowest BCUT2D eigenvalue weighted by Crippen LogP contribution is -2.31. The number of rotatable bonds is 10. The summed E-state index contributed by atoms with van der Waals surface area (Å²) in [6, 6.07) is 22.0. The van der Waals surface area contributed by atoms with E-state index in [1.807, 2.05) is 44.2 Å². The van der Waals surface area contributed by atoms with Crippen LogP contribution in [0.15, 0.2) is 83.8 Å². The zero-order valence-corrected chi connectivity index (χ0v) is 18.8. The van der Waals surface area contributed by atoms with Crippen LogP contribution in [0.4, 0.5) is 5.69 Å². The largest absolute Gasteiger partial charge is 0.494 e. The molecule has 3 rings (SSSR count). The molecule has 0 saturated carbocycles. The molecule has 1 atom stereocenters. The molecule has 7 nitrogen and oxygen atoms in total. The summed E-state index contributed by atoms with van der Waals surface area (Å²) in [5.41, 5.74) is 1.42. The van der Waals surface area contributed by atoms with Crippen molar-refractivity contribution >= 4 is 21.6 Å². The number of hydrogen-bond donors (Lipinski definition) is 2. The van der Waals surface area contributed by atoms with Gasteiger partial charge < -0.3 is 14.8 Å². The summed E-state index contributed by atoms with van der Waals surface area (Å²) in [5.74, 6) is 0.793. The minimum atomic E-state index is -3.76. The van der Waals surface area contributed by atoms with Crippen molar-refractivity contribution in [1.82, 2.24) is 5.32 Å².